The first-order valence-corrected chi connectivity index (χ1v) is 6.14. The number of methoxy groups -OCH3 is 1. The molecule has 0 amide bonds. The van der Waals surface area contributed by atoms with Crippen molar-refractivity contribution in [2.24, 2.45) is 0 Å². The predicted octanol–water partition coefficient (Wildman–Crippen LogP) is 3.80. The summed E-state index contributed by atoms with van der Waals surface area (Å²) in [4.78, 5) is 14.6. The van der Waals surface area contributed by atoms with Crippen LogP contribution in [0.3, 0.4) is 0 Å². The third kappa shape index (κ3) is 1.95. The largest absolute Gasteiger partial charge is 0.497 e. The van der Waals surface area contributed by atoms with Gasteiger partial charge in [-0.05, 0) is 48.0 Å². The minimum absolute atomic E-state index is 0.306. The van der Waals surface area contributed by atoms with Crippen LogP contribution in [0.2, 0.25) is 0 Å². The number of nitrogens with one attached hydrogen (secondary N) is 1. The lowest BCUT2D eigenvalue weighted by Crippen LogP contribution is -1.85. The molecule has 3 rings (SSSR count). The summed E-state index contributed by atoms with van der Waals surface area (Å²) >= 11 is 0. The molecule has 2 aromatic carbocycles. The molecule has 0 bridgehead atoms. The number of carbonyl (C=O) groups is 1. The maximum absolute atomic E-state index is 13.0. The van der Waals surface area contributed by atoms with Crippen LogP contribution in [-0.4, -0.2) is 18.4 Å². The van der Waals surface area contributed by atoms with Crippen molar-refractivity contribution in [3.05, 3.63) is 53.8 Å². The van der Waals surface area contributed by atoms with Crippen LogP contribution in [0.5, 0.6) is 5.75 Å². The summed E-state index contributed by atoms with van der Waals surface area (Å²) in [6.45, 7) is 0. The number of aromatic amines is 1. The molecule has 1 N–H and O–H groups in total. The van der Waals surface area contributed by atoms with Crippen molar-refractivity contribution in [3.63, 3.8) is 0 Å². The van der Waals surface area contributed by atoms with E-state index in [9.17, 15) is 9.18 Å². The van der Waals surface area contributed by atoms with Crippen LogP contribution >= 0.6 is 0 Å². The number of halogens is 1. The first-order valence-electron chi connectivity index (χ1n) is 6.14. The smallest absolute Gasteiger partial charge is 0.152 e. The molecule has 0 aliphatic heterocycles. The van der Waals surface area contributed by atoms with Gasteiger partial charge in [-0.1, -0.05) is 0 Å². The van der Waals surface area contributed by atoms with Gasteiger partial charge in [-0.2, -0.15) is 0 Å². The molecule has 0 radical (unpaired) electrons. The molecular weight excluding hydrogens is 257 g/mol. The summed E-state index contributed by atoms with van der Waals surface area (Å²) in [5.41, 5.74) is 2.84. The Hall–Kier alpha value is -2.62. The van der Waals surface area contributed by atoms with Crippen LogP contribution in [0.15, 0.2) is 42.5 Å². The number of H-pyrrole nitrogens is 1. The Morgan fingerprint density at radius 1 is 1.15 bits per heavy atom. The zero-order valence-electron chi connectivity index (χ0n) is 10.8. The minimum Gasteiger partial charge on any atom is -0.497 e. The second kappa shape index (κ2) is 4.81. The summed E-state index contributed by atoms with van der Waals surface area (Å²) in [5.74, 6) is 0.379. The number of benzene rings is 2. The fourth-order valence-electron chi connectivity index (χ4n) is 2.29. The molecule has 4 heteroatoms. The molecule has 0 aliphatic rings. The molecule has 1 heterocycles. The molecule has 0 unspecified atom stereocenters. The van der Waals surface area contributed by atoms with Crippen molar-refractivity contribution < 1.29 is 13.9 Å². The Morgan fingerprint density at radius 2 is 1.90 bits per heavy atom. The van der Waals surface area contributed by atoms with Gasteiger partial charge in [0.15, 0.2) is 6.29 Å². The highest BCUT2D eigenvalue weighted by molar-refractivity contribution is 6.04. The predicted molar refractivity (Wildman–Crippen MR) is 75.6 cm³/mol. The van der Waals surface area contributed by atoms with E-state index in [1.54, 1.807) is 19.2 Å². The van der Waals surface area contributed by atoms with Gasteiger partial charge in [-0.3, -0.25) is 4.79 Å². The molecule has 20 heavy (non-hydrogen) atoms. The summed E-state index contributed by atoms with van der Waals surface area (Å²) in [6, 6.07) is 11.5. The lowest BCUT2D eigenvalue weighted by atomic mass is 10.1. The summed E-state index contributed by atoms with van der Waals surface area (Å²) in [6.07, 6.45) is 0.803. The second-order valence-corrected chi connectivity index (χ2v) is 4.45. The number of ether oxygens (including phenoxy) is 1. The van der Waals surface area contributed by atoms with Gasteiger partial charge in [-0.25, -0.2) is 4.39 Å². The van der Waals surface area contributed by atoms with Gasteiger partial charge < -0.3 is 9.72 Å². The normalized spacial score (nSPS) is 10.7. The Morgan fingerprint density at radius 3 is 2.55 bits per heavy atom. The molecule has 1 aromatic heterocycles. The van der Waals surface area contributed by atoms with Gasteiger partial charge in [0, 0.05) is 16.5 Å². The van der Waals surface area contributed by atoms with Gasteiger partial charge in [0.25, 0.3) is 0 Å². The van der Waals surface area contributed by atoms with Crippen molar-refractivity contribution in [1.29, 1.82) is 0 Å². The van der Waals surface area contributed by atoms with E-state index >= 15 is 0 Å². The Kier molecular flexibility index (Phi) is 2.99. The third-order valence-corrected chi connectivity index (χ3v) is 3.30. The average Bonchev–Trinajstić information content (AvgIpc) is 2.85. The van der Waals surface area contributed by atoms with E-state index in [0.29, 0.717) is 17.0 Å². The molecule has 0 saturated heterocycles. The SMILES string of the molecule is COc1ccc2[nH]c(-c3ccc(F)cc3)c(C=O)c2c1. The van der Waals surface area contributed by atoms with Crippen LogP contribution in [0.4, 0.5) is 4.39 Å². The summed E-state index contributed by atoms with van der Waals surface area (Å²) in [7, 11) is 1.58. The van der Waals surface area contributed by atoms with Crippen molar-refractivity contribution in [2.75, 3.05) is 7.11 Å². The fraction of sp³-hybridized carbons (Fsp3) is 0.0625. The van der Waals surface area contributed by atoms with E-state index < -0.39 is 0 Å². The van der Waals surface area contributed by atoms with E-state index in [2.05, 4.69) is 4.98 Å². The molecule has 100 valence electrons. The number of aromatic nitrogens is 1. The number of hydrogen-bond donors (Lipinski definition) is 1. The fourth-order valence-corrected chi connectivity index (χ4v) is 2.29. The zero-order chi connectivity index (χ0) is 14.1. The summed E-state index contributed by atoms with van der Waals surface area (Å²) < 4.78 is 18.2. The van der Waals surface area contributed by atoms with Crippen molar-refractivity contribution in [2.45, 2.75) is 0 Å². The van der Waals surface area contributed by atoms with Crippen molar-refractivity contribution in [1.82, 2.24) is 4.98 Å². The van der Waals surface area contributed by atoms with Crippen LogP contribution < -0.4 is 4.74 Å². The number of carbonyl (C=O) groups excluding carboxylic acids is 1. The monoisotopic (exact) mass is 269 g/mol. The van der Waals surface area contributed by atoms with Gasteiger partial charge in [-0.15, -0.1) is 0 Å². The molecule has 0 aliphatic carbocycles. The first kappa shape index (κ1) is 12.4. The molecule has 0 spiro atoms. The first-order chi connectivity index (χ1) is 9.72. The Bertz CT molecular complexity index is 775. The van der Waals surface area contributed by atoms with Gasteiger partial charge >= 0.3 is 0 Å². The van der Waals surface area contributed by atoms with E-state index in [4.69, 9.17) is 4.74 Å². The maximum Gasteiger partial charge on any atom is 0.152 e. The molecule has 0 saturated carbocycles. The third-order valence-electron chi connectivity index (χ3n) is 3.30. The number of fused-ring (bicyclic) bond motifs is 1. The zero-order valence-corrected chi connectivity index (χ0v) is 10.8. The van der Waals surface area contributed by atoms with E-state index in [1.807, 2.05) is 18.2 Å². The lowest BCUT2D eigenvalue weighted by molar-refractivity contribution is 0.112. The van der Waals surface area contributed by atoms with Gasteiger partial charge in [0.05, 0.1) is 12.8 Å². The number of rotatable bonds is 3. The van der Waals surface area contributed by atoms with E-state index in [0.717, 1.165) is 22.8 Å². The highest BCUT2D eigenvalue weighted by Gasteiger charge is 2.13. The lowest BCUT2D eigenvalue weighted by Gasteiger charge is -2.00. The topological polar surface area (TPSA) is 42.1 Å². The molecule has 0 fully saturated rings. The Balaban J connectivity index is 2.25. The Labute approximate surface area is 115 Å². The number of aldehydes is 1. The van der Waals surface area contributed by atoms with Crippen LogP contribution in [-0.2, 0) is 0 Å². The number of hydrogen-bond acceptors (Lipinski definition) is 2. The van der Waals surface area contributed by atoms with Gasteiger partial charge in [0.1, 0.15) is 11.6 Å². The molecule has 3 aromatic rings. The molecular formula is C16H12FNO2. The van der Waals surface area contributed by atoms with Crippen molar-refractivity contribution >= 4 is 17.2 Å². The van der Waals surface area contributed by atoms with E-state index in [-0.39, 0.29) is 5.82 Å². The summed E-state index contributed by atoms with van der Waals surface area (Å²) in [5, 5.41) is 0.790. The molecule has 0 atom stereocenters. The van der Waals surface area contributed by atoms with Crippen LogP contribution in [0.1, 0.15) is 10.4 Å². The quantitative estimate of drug-likeness (QED) is 0.735. The minimum atomic E-state index is -0.306. The molecule has 3 nitrogen and oxygen atoms in total. The maximum atomic E-state index is 13.0. The van der Waals surface area contributed by atoms with Crippen LogP contribution in [0, 0.1) is 5.82 Å². The van der Waals surface area contributed by atoms with E-state index in [1.165, 1.54) is 12.1 Å². The van der Waals surface area contributed by atoms with Gasteiger partial charge in [0.2, 0.25) is 0 Å². The van der Waals surface area contributed by atoms with Crippen molar-refractivity contribution in [3.8, 4) is 17.0 Å². The average molecular weight is 269 g/mol. The highest BCUT2D eigenvalue weighted by atomic mass is 19.1. The second-order valence-electron chi connectivity index (χ2n) is 4.45. The van der Waals surface area contributed by atoms with Crippen LogP contribution in [0.25, 0.3) is 22.2 Å². The standard InChI is InChI=1S/C16H12FNO2/c1-20-12-6-7-15-13(8-12)14(9-19)16(18-15)10-2-4-11(17)5-3-10/h2-9,18H,1H3. The highest BCUT2D eigenvalue weighted by Crippen LogP contribution is 2.31.